The third-order valence-corrected chi connectivity index (χ3v) is 8.55. The molecule has 14 heteroatoms. The Morgan fingerprint density at radius 2 is 1.85 bits per heavy atom. The predicted octanol–water partition coefficient (Wildman–Crippen LogP) is 5.70. The number of nitrogens with two attached hydrogens (primary N) is 1. The number of aromatic amines is 1. The number of rotatable bonds is 13. The van der Waals surface area contributed by atoms with Crippen molar-refractivity contribution in [1.29, 1.82) is 0 Å². The number of para-hydroxylation sites is 1. The van der Waals surface area contributed by atoms with Gasteiger partial charge in [-0.1, -0.05) is 47.9 Å². The number of hydrogen-bond donors (Lipinski definition) is 4. The summed E-state index contributed by atoms with van der Waals surface area (Å²) in [6, 6.07) is 7.28. The zero-order valence-electron chi connectivity index (χ0n) is 26.5. The van der Waals surface area contributed by atoms with Crippen molar-refractivity contribution in [2.45, 2.75) is 59.3 Å². The Morgan fingerprint density at radius 3 is 2.52 bits per heavy atom. The Labute approximate surface area is 277 Å². The number of H-pyrrole nitrogens is 1. The summed E-state index contributed by atoms with van der Waals surface area (Å²) in [5.41, 5.74) is 7.98. The maximum absolute atomic E-state index is 12.8. The van der Waals surface area contributed by atoms with E-state index in [1.165, 1.54) is 17.5 Å². The number of unbranched alkanes of at least 4 members (excludes halogenated alkanes) is 3. The van der Waals surface area contributed by atoms with E-state index in [1.54, 1.807) is 19.2 Å². The van der Waals surface area contributed by atoms with Crippen LogP contribution in [0, 0.1) is 19.8 Å². The van der Waals surface area contributed by atoms with Crippen LogP contribution in [0.15, 0.2) is 36.7 Å². The van der Waals surface area contributed by atoms with Gasteiger partial charge < -0.3 is 31.0 Å². The van der Waals surface area contributed by atoms with Crippen molar-refractivity contribution in [3.63, 3.8) is 0 Å². The number of anilines is 3. The number of aromatic nitrogens is 5. The van der Waals surface area contributed by atoms with Crippen LogP contribution in [0.1, 0.15) is 65.9 Å². The van der Waals surface area contributed by atoms with Crippen LogP contribution >= 0.6 is 22.9 Å². The number of aryl methyl sites for hydroxylation is 3. The van der Waals surface area contributed by atoms with Crippen molar-refractivity contribution in [3.05, 3.63) is 63.8 Å². The number of Topliss-reactive ketones (excluding diaryl/α,β-unsaturated/α-hetero) is 1. The summed E-state index contributed by atoms with van der Waals surface area (Å²) >= 11 is 7.45. The van der Waals surface area contributed by atoms with Crippen LogP contribution in [0.25, 0.3) is 11.4 Å². The van der Waals surface area contributed by atoms with Gasteiger partial charge in [0.05, 0.1) is 40.4 Å². The van der Waals surface area contributed by atoms with Crippen LogP contribution in [-0.4, -0.2) is 67.6 Å². The second-order valence-electron chi connectivity index (χ2n) is 11.4. The minimum absolute atomic E-state index is 0.125. The van der Waals surface area contributed by atoms with E-state index in [0.29, 0.717) is 44.5 Å². The SMILES string of the molecule is CC(=O)CCCCCCc1ncc(-c2cc(Nc3ncc(C(=O)Nc4c(C)cccc4Cl)s3)nc(C)n2)[nH]1.CN1CC(C(N)=O)C1. The smallest absolute Gasteiger partial charge is 0.267 e. The van der Waals surface area contributed by atoms with E-state index >= 15 is 0 Å². The highest BCUT2D eigenvalue weighted by Gasteiger charge is 2.27. The third kappa shape index (κ3) is 10.2. The van der Waals surface area contributed by atoms with Gasteiger partial charge in [0, 0.05) is 32.0 Å². The van der Waals surface area contributed by atoms with Crippen LogP contribution in [0.4, 0.5) is 16.6 Å². The Kier molecular flexibility index (Phi) is 12.4. The van der Waals surface area contributed by atoms with Gasteiger partial charge in [-0.3, -0.25) is 9.59 Å². The Balaban J connectivity index is 0.000000523. The lowest BCUT2D eigenvalue weighted by atomic mass is 10.0. The molecule has 46 heavy (non-hydrogen) atoms. The zero-order chi connectivity index (χ0) is 33.2. The van der Waals surface area contributed by atoms with Crippen molar-refractivity contribution in [2.75, 3.05) is 30.8 Å². The molecule has 0 saturated carbocycles. The van der Waals surface area contributed by atoms with Crippen molar-refractivity contribution in [2.24, 2.45) is 11.7 Å². The maximum Gasteiger partial charge on any atom is 0.267 e. The third-order valence-electron chi connectivity index (χ3n) is 7.33. The number of amides is 2. The molecule has 4 aromatic rings. The van der Waals surface area contributed by atoms with Crippen LogP contribution in [0.3, 0.4) is 0 Å². The zero-order valence-corrected chi connectivity index (χ0v) is 28.1. The van der Waals surface area contributed by atoms with Gasteiger partial charge in [0.25, 0.3) is 5.91 Å². The topological polar surface area (TPSA) is 172 Å². The minimum Gasteiger partial charge on any atom is -0.369 e. The standard InChI is InChI=1S/C27H30ClN7O2S.C5H10N2O/c1-16-9-8-11-19(28)25(16)35-26(37)22-15-30-27(38-22)34-24-13-20(31-18(3)32-24)21-14-29-23(33-21)12-7-5-4-6-10-17(2)36;1-7-2-4(3-7)5(6)8/h8-9,11,13-15H,4-7,10,12H2,1-3H3,(H,29,33)(H,35,37)(H,30,31,32,34);4H,2-3H2,1H3,(H2,6,8). The van der Waals surface area contributed by atoms with E-state index in [-0.39, 0.29) is 23.5 Å². The molecule has 5 rings (SSSR count). The summed E-state index contributed by atoms with van der Waals surface area (Å²) < 4.78 is 0. The number of carbonyl (C=O) groups is 3. The predicted molar refractivity (Wildman–Crippen MR) is 182 cm³/mol. The second-order valence-corrected chi connectivity index (χ2v) is 12.8. The molecule has 0 bridgehead atoms. The fourth-order valence-corrected chi connectivity index (χ4v) is 5.79. The molecule has 1 fully saturated rings. The summed E-state index contributed by atoms with van der Waals surface area (Å²) in [5, 5.41) is 7.06. The molecular formula is C32H40ClN9O3S. The van der Waals surface area contributed by atoms with Gasteiger partial charge in [-0.15, -0.1) is 0 Å². The summed E-state index contributed by atoms with van der Waals surface area (Å²) in [5.74, 6) is 1.99. The van der Waals surface area contributed by atoms with Gasteiger partial charge in [0.1, 0.15) is 28.1 Å². The number of halogens is 1. The van der Waals surface area contributed by atoms with E-state index in [9.17, 15) is 14.4 Å². The molecule has 12 nitrogen and oxygen atoms in total. The van der Waals surface area contributed by atoms with E-state index in [0.717, 1.165) is 62.3 Å². The first-order valence-corrected chi connectivity index (χ1v) is 16.3. The molecule has 0 aliphatic carbocycles. The number of likely N-dealkylation sites (tertiary alicyclic amines) is 1. The lowest BCUT2D eigenvalue weighted by Crippen LogP contribution is -2.50. The number of nitrogens with zero attached hydrogens (tertiary/aromatic N) is 5. The Hall–Kier alpha value is -4.20. The van der Waals surface area contributed by atoms with Crippen LogP contribution in [0.2, 0.25) is 5.02 Å². The van der Waals surface area contributed by atoms with Crippen molar-refractivity contribution >= 4 is 57.2 Å². The van der Waals surface area contributed by atoms with Crippen LogP contribution in [-0.2, 0) is 16.0 Å². The average molecular weight is 666 g/mol. The van der Waals surface area contributed by atoms with Crippen LogP contribution in [0.5, 0.6) is 0 Å². The highest BCUT2D eigenvalue weighted by Crippen LogP contribution is 2.28. The molecule has 3 aromatic heterocycles. The number of nitrogens with one attached hydrogen (secondary N) is 3. The molecule has 1 aliphatic rings. The maximum atomic E-state index is 12.8. The molecule has 0 atom stereocenters. The molecular weight excluding hydrogens is 626 g/mol. The monoisotopic (exact) mass is 665 g/mol. The fourth-order valence-electron chi connectivity index (χ4n) is 4.80. The average Bonchev–Trinajstić information content (AvgIpc) is 3.65. The van der Waals surface area contributed by atoms with Crippen LogP contribution < -0.4 is 16.4 Å². The molecule has 4 heterocycles. The van der Waals surface area contributed by atoms with Gasteiger partial charge in [-0.2, -0.15) is 0 Å². The summed E-state index contributed by atoms with van der Waals surface area (Å²) in [7, 11) is 1.97. The van der Waals surface area contributed by atoms with Crippen molar-refractivity contribution < 1.29 is 14.4 Å². The molecule has 1 aromatic carbocycles. The van der Waals surface area contributed by atoms with E-state index < -0.39 is 0 Å². The van der Waals surface area contributed by atoms with Crippen molar-refractivity contribution in [3.8, 4) is 11.4 Å². The number of primary amides is 1. The molecule has 244 valence electrons. The first kappa shape index (κ1) is 34.7. The normalized spacial score (nSPS) is 13.0. The molecule has 0 radical (unpaired) electrons. The van der Waals surface area contributed by atoms with E-state index in [1.807, 2.05) is 39.1 Å². The molecule has 5 N–H and O–H groups in total. The van der Waals surface area contributed by atoms with Gasteiger partial charge >= 0.3 is 0 Å². The molecule has 0 unspecified atom stereocenters. The molecule has 2 amide bonds. The first-order valence-electron chi connectivity index (χ1n) is 15.1. The van der Waals surface area contributed by atoms with Gasteiger partial charge in [-0.25, -0.2) is 19.9 Å². The minimum atomic E-state index is -0.282. The Bertz CT molecular complexity index is 1650. The number of hydrogen-bond acceptors (Lipinski definition) is 10. The lowest BCUT2D eigenvalue weighted by molar-refractivity contribution is -0.126. The number of benzene rings is 1. The fraction of sp³-hybridized carbons (Fsp3) is 0.406. The van der Waals surface area contributed by atoms with Gasteiger partial charge in [-0.05, 0) is 52.3 Å². The lowest BCUT2D eigenvalue weighted by Gasteiger charge is -2.33. The van der Waals surface area contributed by atoms with Gasteiger partial charge in [0.2, 0.25) is 5.91 Å². The molecule has 1 saturated heterocycles. The van der Waals surface area contributed by atoms with Crippen molar-refractivity contribution in [1.82, 2.24) is 29.8 Å². The Morgan fingerprint density at radius 1 is 1.09 bits per heavy atom. The second kappa shape index (κ2) is 16.4. The number of thiazole rings is 1. The summed E-state index contributed by atoms with van der Waals surface area (Å²) in [6.07, 6.45) is 8.86. The highest BCUT2D eigenvalue weighted by molar-refractivity contribution is 7.17. The number of ketones is 1. The van der Waals surface area contributed by atoms with Gasteiger partial charge in [0.15, 0.2) is 5.13 Å². The summed E-state index contributed by atoms with van der Waals surface area (Å²) in [6.45, 7) is 7.03. The first-order chi connectivity index (χ1) is 22.0. The molecule has 0 spiro atoms. The number of imidazole rings is 1. The largest absolute Gasteiger partial charge is 0.369 e. The highest BCUT2D eigenvalue weighted by atomic mass is 35.5. The number of carbonyl (C=O) groups excluding carboxylic acids is 3. The van der Waals surface area contributed by atoms with E-state index in [2.05, 4.69) is 40.5 Å². The quantitative estimate of drug-likeness (QED) is 0.131. The molecule has 1 aliphatic heterocycles. The summed E-state index contributed by atoms with van der Waals surface area (Å²) in [4.78, 5) is 57.8. The van der Waals surface area contributed by atoms with E-state index in [4.69, 9.17) is 17.3 Å².